The molecule has 0 radical (unpaired) electrons. The number of aryl methyl sites for hydroxylation is 3. The van der Waals surface area contributed by atoms with Gasteiger partial charge in [-0.05, 0) is 27.7 Å². The highest BCUT2D eigenvalue weighted by Gasteiger charge is 2.22. The number of nitrogens with zero attached hydrogens (tertiary/aromatic N) is 2. The first-order valence-corrected chi connectivity index (χ1v) is 6.17. The van der Waals surface area contributed by atoms with E-state index in [0.717, 1.165) is 22.5 Å². The van der Waals surface area contributed by atoms with Crippen LogP contribution >= 0.6 is 0 Å². The second-order valence-corrected chi connectivity index (χ2v) is 4.38. The topological polar surface area (TPSA) is 81.0 Å². The molecule has 0 fully saturated rings. The van der Waals surface area contributed by atoms with Gasteiger partial charge in [-0.2, -0.15) is 5.10 Å². The summed E-state index contributed by atoms with van der Waals surface area (Å²) >= 11 is 0. The van der Waals surface area contributed by atoms with Crippen LogP contribution in [0.25, 0.3) is 0 Å². The van der Waals surface area contributed by atoms with Crippen molar-refractivity contribution in [2.75, 3.05) is 6.61 Å². The summed E-state index contributed by atoms with van der Waals surface area (Å²) in [5, 5.41) is 10.9. The Balaban J connectivity index is 2.35. The number of hydrogen-bond donors (Lipinski definition) is 1. The molecule has 0 aliphatic carbocycles. The molecule has 0 bridgehead atoms. The van der Waals surface area contributed by atoms with Crippen molar-refractivity contribution in [2.45, 2.75) is 34.1 Å². The molecule has 2 rings (SSSR count). The molecule has 19 heavy (non-hydrogen) atoms. The number of H-pyrrole nitrogens is 1. The smallest absolute Gasteiger partial charge is 0.360 e. The van der Waals surface area contributed by atoms with Crippen molar-refractivity contribution >= 4 is 5.97 Å². The van der Waals surface area contributed by atoms with Crippen LogP contribution in [0.15, 0.2) is 4.52 Å². The van der Waals surface area contributed by atoms with Crippen molar-refractivity contribution in [1.82, 2.24) is 15.4 Å². The summed E-state index contributed by atoms with van der Waals surface area (Å²) in [6, 6.07) is 0. The molecule has 2 aromatic rings. The first-order chi connectivity index (χ1) is 9.04. The minimum atomic E-state index is -0.451. The summed E-state index contributed by atoms with van der Waals surface area (Å²) in [6.07, 6.45) is 0.553. The molecule has 0 aliphatic rings. The van der Waals surface area contributed by atoms with E-state index in [1.54, 1.807) is 13.8 Å². The van der Waals surface area contributed by atoms with Gasteiger partial charge in [-0.25, -0.2) is 4.79 Å². The zero-order valence-corrected chi connectivity index (χ0v) is 11.5. The predicted octanol–water partition coefficient (Wildman–Crippen LogP) is 2.09. The summed E-state index contributed by atoms with van der Waals surface area (Å²) in [4.78, 5) is 11.8. The average molecular weight is 263 g/mol. The third-order valence-corrected chi connectivity index (χ3v) is 3.09. The maximum absolute atomic E-state index is 11.8. The molecule has 6 nitrogen and oxygen atoms in total. The van der Waals surface area contributed by atoms with Crippen LogP contribution in [0.3, 0.4) is 0 Å². The van der Waals surface area contributed by atoms with Gasteiger partial charge < -0.3 is 9.26 Å². The van der Waals surface area contributed by atoms with Crippen molar-refractivity contribution in [3.8, 4) is 0 Å². The number of rotatable bonds is 4. The Bertz CT molecular complexity index is 579. The normalized spacial score (nSPS) is 10.7. The van der Waals surface area contributed by atoms with Gasteiger partial charge in [0.1, 0.15) is 5.76 Å². The van der Waals surface area contributed by atoms with E-state index in [9.17, 15) is 4.79 Å². The van der Waals surface area contributed by atoms with Crippen LogP contribution in [-0.4, -0.2) is 27.9 Å². The van der Waals surface area contributed by atoms with Gasteiger partial charge in [-0.3, -0.25) is 5.10 Å². The second kappa shape index (κ2) is 5.26. The van der Waals surface area contributed by atoms with E-state index in [2.05, 4.69) is 15.4 Å². The average Bonchev–Trinajstić information content (AvgIpc) is 2.88. The Hall–Kier alpha value is -2.11. The molecule has 0 aliphatic heterocycles. The van der Waals surface area contributed by atoms with Gasteiger partial charge in [0.2, 0.25) is 0 Å². The first kappa shape index (κ1) is 13.3. The SMILES string of the molecule is CCOC(=O)c1noc(C)c1Cc1c(C)n[nH]c1C. The van der Waals surface area contributed by atoms with Crippen LogP contribution in [0, 0.1) is 20.8 Å². The zero-order chi connectivity index (χ0) is 14.0. The van der Waals surface area contributed by atoms with Gasteiger partial charge in [0.15, 0.2) is 5.69 Å². The molecular formula is C13H17N3O3. The maximum Gasteiger partial charge on any atom is 0.360 e. The molecule has 0 aromatic carbocycles. The Morgan fingerprint density at radius 3 is 2.63 bits per heavy atom. The Kier molecular flexibility index (Phi) is 3.69. The summed E-state index contributed by atoms with van der Waals surface area (Å²) < 4.78 is 10.1. The van der Waals surface area contributed by atoms with Crippen LogP contribution in [0.2, 0.25) is 0 Å². The Labute approximate surface area is 111 Å². The molecule has 0 amide bonds. The largest absolute Gasteiger partial charge is 0.461 e. The van der Waals surface area contributed by atoms with Gasteiger partial charge in [0, 0.05) is 23.2 Å². The van der Waals surface area contributed by atoms with Crippen molar-refractivity contribution in [2.24, 2.45) is 0 Å². The number of carbonyl (C=O) groups excluding carboxylic acids is 1. The highest BCUT2D eigenvalue weighted by molar-refractivity contribution is 5.89. The first-order valence-electron chi connectivity index (χ1n) is 6.17. The highest BCUT2D eigenvalue weighted by Crippen LogP contribution is 2.21. The van der Waals surface area contributed by atoms with E-state index in [1.807, 2.05) is 13.8 Å². The Morgan fingerprint density at radius 2 is 2.05 bits per heavy atom. The molecule has 1 N–H and O–H groups in total. The van der Waals surface area contributed by atoms with Crippen LogP contribution in [-0.2, 0) is 11.2 Å². The van der Waals surface area contributed by atoms with Gasteiger partial charge >= 0.3 is 5.97 Å². The van der Waals surface area contributed by atoms with Gasteiger partial charge in [-0.1, -0.05) is 5.16 Å². The van der Waals surface area contributed by atoms with Crippen LogP contribution in [0.5, 0.6) is 0 Å². The van der Waals surface area contributed by atoms with Crippen molar-refractivity contribution in [3.05, 3.63) is 34.0 Å². The van der Waals surface area contributed by atoms with Gasteiger partial charge in [-0.15, -0.1) is 0 Å². The lowest BCUT2D eigenvalue weighted by Gasteiger charge is -2.03. The quantitative estimate of drug-likeness (QED) is 0.854. The number of aromatic amines is 1. The monoisotopic (exact) mass is 263 g/mol. The summed E-state index contributed by atoms with van der Waals surface area (Å²) in [5.74, 6) is 0.177. The standard InChI is InChI=1S/C13H17N3O3/c1-5-18-13(17)12-11(9(4)19-16-12)6-10-7(2)14-15-8(10)3/h5-6H2,1-4H3,(H,14,15). The minimum absolute atomic E-state index is 0.249. The fourth-order valence-electron chi connectivity index (χ4n) is 1.97. The van der Waals surface area contributed by atoms with E-state index in [0.29, 0.717) is 18.8 Å². The number of nitrogens with one attached hydrogen (secondary N) is 1. The summed E-state index contributed by atoms with van der Waals surface area (Å²) in [7, 11) is 0. The Morgan fingerprint density at radius 1 is 1.32 bits per heavy atom. The molecule has 2 aromatic heterocycles. The number of hydrogen-bond acceptors (Lipinski definition) is 5. The van der Waals surface area contributed by atoms with Crippen LogP contribution < -0.4 is 0 Å². The lowest BCUT2D eigenvalue weighted by molar-refractivity contribution is 0.0513. The molecule has 0 saturated carbocycles. The predicted molar refractivity (Wildman–Crippen MR) is 68.1 cm³/mol. The van der Waals surface area contributed by atoms with E-state index < -0.39 is 5.97 Å². The van der Waals surface area contributed by atoms with E-state index in [-0.39, 0.29) is 5.69 Å². The highest BCUT2D eigenvalue weighted by atomic mass is 16.5. The molecule has 102 valence electrons. The van der Waals surface area contributed by atoms with Gasteiger partial charge in [0.25, 0.3) is 0 Å². The molecule has 2 heterocycles. The van der Waals surface area contributed by atoms with Crippen molar-refractivity contribution < 1.29 is 14.1 Å². The molecule has 0 unspecified atom stereocenters. The van der Waals surface area contributed by atoms with Crippen molar-refractivity contribution in [1.29, 1.82) is 0 Å². The number of ether oxygens (including phenoxy) is 1. The summed E-state index contributed by atoms with van der Waals surface area (Å²) in [5.41, 5.74) is 3.95. The lowest BCUT2D eigenvalue weighted by atomic mass is 10.0. The van der Waals surface area contributed by atoms with Crippen LogP contribution in [0.1, 0.15) is 45.7 Å². The van der Waals surface area contributed by atoms with E-state index in [4.69, 9.17) is 9.26 Å². The fraction of sp³-hybridized carbons (Fsp3) is 0.462. The third kappa shape index (κ3) is 2.52. The van der Waals surface area contributed by atoms with E-state index >= 15 is 0 Å². The molecule has 0 atom stereocenters. The molecular weight excluding hydrogens is 246 g/mol. The molecule has 0 spiro atoms. The zero-order valence-electron chi connectivity index (χ0n) is 11.5. The van der Waals surface area contributed by atoms with E-state index in [1.165, 1.54) is 0 Å². The molecule has 0 saturated heterocycles. The van der Waals surface area contributed by atoms with Gasteiger partial charge in [0.05, 0.1) is 12.3 Å². The minimum Gasteiger partial charge on any atom is -0.461 e. The second-order valence-electron chi connectivity index (χ2n) is 4.38. The summed E-state index contributed by atoms with van der Waals surface area (Å²) in [6.45, 7) is 7.73. The van der Waals surface area contributed by atoms with Crippen LogP contribution in [0.4, 0.5) is 0 Å². The lowest BCUT2D eigenvalue weighted by Crippen LogP contribution is -2.09. The van der Waals surface area contributed by atoms with Crippen molar-refractivity contribution in [3.63, 3.8) is 0 Å². The number of esters is 1. The fourth-order valence-corrected chi connectivity index (χ4v) is 1.97. The molecule has 6 heteroatoms. The number of aromatic nitrogens is 3. The third-order valence-electron chi connectivity index (χ3n) is 3.09. The number of carbonyl (C=O) groups is 1. The maximum atomic E-state index is 11.8.